The number of amides is 1. The van der Waals surface area contributed by atoms with Crippen LogP contribution in [0.2, 0.25) is 0 Å². The van der Waals surface area contributed by atoms with E-state index in [1.807, 2.05) is 6.07 Å². The normalized spacial score (nSPS) is 31.6. The number of esters is 1. The lowest BCUT2D eigenvalue weighted by Gasteiger charge is -2.45. The number of carbonyl (C=O) groups excluding carboxylic acids is 2. The van der Waals surface area contributed by atoms with Gasteiger partial charge in [-0.15, -0.1) is 5.10 Å². The van der Waals surface area contributed by atoms with Crippen molar-refractivity contribution in [2.45, 2.75) is 56.9 Å². The van der Waals surface area contributed by atoms with E-state index in [-0.39, 0.29) is 31.1 Å². The second kappa shape index (κ2) is 8.18. The number of carbonyl (C=O) groups is 2. The lowest BCUT2D eigenvalue weighted by molar-refractivity contribution is -0.143. The van der Waals surface area contributed by atoms with Gasteiger partial charge in [0.2, 0.25) is 5.91 Å². The number of hydrogen-bond donors (Lipinski definition) is 2. The van der Waals surface area contributed by atoms with E-state index in [2.05, 4.69) is 25.4 Å². The highest BCUT2D eigenvalue weighted by Crippen LogP contribution is 2.52. The number of cyclic esters (lactones) is 1. The number of tetrazole rings is 1. The quantitative estimate of drug-likeness (QED) is 0.547. The van der Waals surface area contributed by atoms with Gasteiger partial charge in [0.25, 0.3) is 0 Å². The number of hydrogen-bond acceptors (Lipinski definition) is 10. The molecule has 1 spiro atoms. The van der Waals surface area contributed by atoms with E-state index >= 15 is 0 Å². The first-order valence-electron chi connectivity index (χ1n) is 11.9. The predicted molar refractivity (Wildman–Crippen MR) is 118 cm³/mol. The molecule has 12 nitrogen and oxygen atoms in total. The van der Waals surface area contributed by atoms with Gasteiger partial charge in [-0.05, 0) is 49.1 Å². The van der Waals surface area contributed by atoms with E-state index < -0.39 is 23.6 Å². The molecule has 1 amide bonds. The van der Waals surface area contributed by atoms with E-state index in [0.29, 0.717) is 42.0 Å². The van der Waals surface area contributed by atoms with Crippen LogP contribution in [0.15, 0.2) is 35.9 Å². The second-order valence-corrected chi connectivity index (χ2v) is 9.95. The molecule has 2 N–H and O–H groups in total. The van der Waals surface area contributed by atoms with Crippen molar-refractivity contribution in [1.29, 1.82) is 0 Å². The van der Waals surface area contributed by atoms with Crippen LogP contribution in [-0.2, 0) is 14.3 Å². The van der Waals surface area contributed by atoms with Crippen LogP contribution in [0.25, 0.3) is 5.82 Å². The summed E-state index contributed by atoms with van der Waals surface area (Å²) in [4.78, 5) is 33.6. The third-order valence-electron chi connectivity index (χ3n) is 8.16. The Hall–Kier alpha value is -3.22. The minimum atomic E-state index is -0.860. The van der Waals surface area contributed by atoms with E-state index in [0.717, 1.165) is 12.8 Å². The number of β-amino-alcohol motifs (C(OH)–C–C–N with tert-alkyl or cyclic N) is 1. The Kier molecular flexibility index (Phi) is 5.20. The molecule has 0 aromatic carbocycles. The van der Waals surface area contributed by atoms with Gasteiger partial charge in [-0.2, -0.15) is 4.68 Å². The molecule has 12 heteroatoms. The summed E-state index contributed by atoms with van der Waals surface area (Å²) in [5, 5.41) is 33.0. The van der Waals surface area contributed by atoms with Crippen LogP contribution in [0.3, 0.4) is 0 Å². The summed E-state index contributed by atoms with van der Waals surface area (Å²) >= 11 is 0. The van der Waals surface area contributed by atoms with Crippen molar-refractivity contribution in [2.24, 2.45) is 5.41 Å². The molecule has 35 heavy (non-hydrogen) atoms. The van der Waals surface area contributed by atoms with Crippen molar-refractivity contribution in [3.05, 3.63) is 41.5 Å². The predicted octanol–water partition coefficient (Wildman–Crippen LogP) is -0.262. The van der Waals surface area contributed by atoms with E-state index in [4.69, 9.17) is 4.74 Å². The molecule has 184 valence electrons. The highest BCUT2D eigenvalue weighted by Gasteiger charge is 2.61. The highest BCUT2D eigenvalue weighted by molar-refractivity contribution is 5.94. The molecule has 4 atom stereocenters. The van der Waals surface area contributed by atoms with Gasteiger partial charge in [0, 0.05) is 30.4 Å². The Morgan fingerprint density at radius 2 is 2.00 bits per heavy atom. The lowest BCUT2D eigenvalue weighted by Crippen LogP contribution is -2.54. The average molecular weight is 482 g/mol. The summed E-state index contributed by atoms with van der Waals surface area (Å²) in [5.74, 6) is 0.0358. The summed E-state index contributed by atoms with van der Waals surface area (Å²) in [6, 6.07) is 3.75. The maximum atomic E-state index is 13.6. The number of ether oxygens (including phenoxy) is 1. The molecule has 6 heterocycles. The van der Waals surface area contributed by atoms with Gasteiger partial charge in [0.15, 0.2) is 5.82 Å². The number of piperidine rings is 1. The van der Waals surface area contributed by atoms with Crippen molar-refractivity contribution in [3.63, 3.8) is 0 Å². The average Bonchev–Trinajstić information content (AvgIpc) is 3.60. The van der Waals surface area contributed by atoms with Crippen LogP contribution in [0, 0.1) is 5.41 Å². The fraction of sp³-hybridized carbons (Fsp3) is 0.565. The van der Waals surface area contributed by atoms with Crippen molar-refractivity contribution in [3.8, 4) is 5.82 Å². The maximum absolute atomic E-state index is 13.6. The minimum absolute atomic E-state index is 0.0740. The summed E-state index contributed by atoms with van der Waals surface area (Å²) in [7, 11) is 0. The van der Waals surface area contributed by atoms with Crippen molar-refractivity contribution >= 4 is 11.9 Å². The Bertz CT molecular complexity index is 1170. The summed E-state index contributed by atoms with van der Waals surface area (Å²) in [6.07, 6.45) is 4.43. The number of aliphatic hydroxyl groups is 2. The van der Waals surface area contributed by atoms with Crippen LogP contribution in [0.4, 0.5) is 0 Å². The Morgan fingerprint density at radius 3 is 2.60 bits per heavy atom. The SMILES string of the molecule is CC1=C(N2CC(O)C3(C[C@H]4CC[C@H](C3)N4C[C@H](O)c3ccc(-n4cnnn4)nc3)C2=O)COC1=O. The monoisotopic (exact) mass is 481 g/mol. The Morgan fingerprint density at radius 1 is 1.23 bits per heavy atom. The number of rotatable bonds is 5. The molecule has 4 aliphatic heterocycles. The molecular weight excluding hydrogens is 454 g/mol. The molecule has 1 unspecified atom stereocenters. The number of pyridine rings is 1. The van der Waals surface area contributed by atoms with Gasteiger partial charge >= 0.3 is 5.97 Å². The summed E-state index contributed by atoms with van der Waals surface area (Å²) < 4.78 is 6.54. The zero-order chi connectivity index (χ0) is 24.3. The molecule has 2 bridgehead atoms. The largest absolute Gasteiger partial charge is 0.456 e. The van der Waals surface area contributed by atoms with Gasteiger partial charge in [0.1, 0.15) is 12.9 Å². The molecule has 3 fully saturated rings. The van der Waals surface area contributed by atoms with Crippen molar-refractivity contribution in [2.75, 3.05) is 19.7 Å². The number of aromatic nitrogens is 5. The molecule has 0 radical (unpaired) electrons. The fourth-order valence-electron chi connectivity index (χ4n) is 6.25. The van der Waals surface area contributed by atoms with Gasteiger partial charge in [-0.25, -0.2) is 9.78 Å². The summed E-state index contributed by atoms with van der Waals surface area (Å²) in [5.41, 5.74) is 0.837. The van der Waals surface area contributed by atoms with Crippen molar-refractivity contribution in [1.82, 2.24) is 35.0 Å². The van der Waals surface area contributed by atoms with Gasteiger partial charge in [-0.1, -0.05) is 6.07 Å². The highest BCUT2D eigenvalue weighted by atomic mass is 16.5. The van der Waals surface area contributed by atoms with Crippen LogP contribution in [0.1, 0.15) is 44.3 Å². The molecule has 2 aromatic rings. The van der Waals surface area contributed by atoms with Gasteiger partial charge < -0.3 is 19.8 Å². The number of nitrogens with zero attached hydrogens (tertiary/aromatic N) is 7. The fourth-order valence-corrected chi connectivity index (χ4v) is 6.25. The first-order valence-corrected chi connectivity index (χ1v) is 11.9. The van der Waals surface area contributed by atoms with Crippen LogP contribution in [0.5, 0.6) is 0 Å². The second-order valence-electron chi connectivity index (χ2n) is 9.95. The van der Waals surface area contributed by atoms with E-state index in [1.54, 1.807) is 24.1 Å². The third kappa shape index (κ3) is 3.46. The molecule has 0 saturated carbocycles. The van der Waals surface area contributed by atoms with Crippen LogP contribution in [-0.4, -0.2) is 95.0 Å². The molecule has 2 aromatic heterocycles. The van der Waals surface area contributed by atoms with E-state index in [1.165, 1.54) is 11.0 Å². The first-order chi connectivity index (χ1) is 16.9. The van der Waals surface area contributed by atoms with Crippen LogP contribution >= 0.6 is 0 Å². The Balaban J connectivity index is 1.17. The standard InChI is InChI=1S/C23H27N7O5/c1-13-17(11-35-21(13)33)29-10-19(32)23(22(29)34)6-15-3-4-16(7-23)28(15)9-18(31)14-2-5-20(24-8-14)30-12-25-26-27-30/h2,5,8,12,15-16,18-19,31-32H,3-4,6-7,9-11H2,1H3/t15-,16-,18+,19?/m1/s1. The minimum Gasteiger partial charge on any atom is -0.456 e. The zero-order valence-electron chi connectivity index (χ0n) is 19.3. The number of fused-ring (bicyclic) bond motifs is 2. The molecular formula is C23H27N7O5. The third-order valence-corrected chi connectivity index (χ3v) is 8.16. The smallest absolute Gasteiger partial charge is 0.336 e. The Labute approximate surface area is 201 Å². The molecule has 3 saturated heterocycles. The zero-order valence-corrected chi connectivity index (χ0v) is 19.3. The van der Waals surface area contributed by atoms with Crippen molar-refractivity contribution < 1.29 is 24.5 Å². The van der Waals surface area contributed by atoms with Gasteiger partial charge in [-0.3, -0.25) is 9.69 Å². The summed E-state index contributed by atoms with van der Waals surface area (Å²) in [6.45, 7) is 2.35. The molecule has 0 aliphatic carbocycles. The lowest BCUT2D eigenvalue weighted by atomic mass is 9.72. The van der Waals surface area contributed by atoms with Crippen LogP contribution < -0.4 is 0 Å². The number of likely N-dealkylation sites (tertiary alicyclic amines) is 1. The topological polar surface area (TPSA) is 147 Å². The first kappa shape index (κ1) is 22.3. The molecule has 6 rings (SSSR count). The number of aliphatic hydroxyl groups excluding tert-OH is 2. The molecule has 4 aliphatic rings. The van der Waals surface area contributed by atoms with Gasteiger partial charge in [0.05, 0.1) is 35.4 Å². The maximum Gasteiger partial charge on any atom is 0.336 e. The van der Waals surface area contributed by atoms with E-state index in [9.17, 15) is 19.8 Å².